The van der Waals surface area contributed by atoms with E-state index in [4.69, 9.17) is 19.9 Å². The lowest BCUT2D eigenvalue weighted by atomic mass is 10.1. The van der Waals surface area contributed by atoms with Crippen molar-refractivity contribution in [3.63, 3.8) is 0 Å². The topological polar surface area (TPSA) is 119 Å². The molecule has 0 aromatic heterocycles. The number of hydrogen-bond donors (Lipinski definition) is 1. The molecular formula is C20H21NO6. The van der Waals surface area contributed by atoms with E-state index in [0.29, 0.717) is 11.1 Å². The fourth-order valence-corrected chi connectivity index (χ4v) is 2.50. The van der Waals surface area contributed by atoms with Crippen molar-refractivity contribution in [3.05, 3.63) is 83.9 Å². The fourth-order valence-electron chi connectivity index (χ4n) is 2.50. The molecule has 1 aliphatic heterocycles. The second-order valence-electron chi connectivity index (χ2n) is 5.72. The van der Waals surface area contributed by atoms with Gasteiger partial charge in [-0.05, 0) is 36.4 Å². The van der Waals surface area contributed by atoms with Crippen molar-refractivity contribution in [1.82, 2.24) is 0 Å². The van der Waals surface area contributed by atoms with Crippen molar-refractivity contribution in [1.29, 1.82) is 0 Å². The van der Waals surface area contributed by atoms with E-state index >= 15 is 0 Å². The minimum absolute atomic E-state index is 0. The first-order chi connectivity index (χ1) is 12.6. The van der Waals surface area contributed by atoms with Gasteiger partial charge in [-0.1, -0.05) is 36.4 Å². The first kappa shape index (κ1) is 20.3. The summed E-state index contributed by atoms with van der Waals surface area (Å²) in [6.07, 6.45) is 1.21. The van der Waals surface area contributed by atoms with Crippen molar-refractivity contribution in [2.24, 2.45) is 5.73 Å². The zero-order valence-corrected chi connectivity index (χ0v) is 14.5. The maximum absolute atomic E-state index is 12.2. The van der Waals surface area contributed by atoms with Crippen molar-refractivity contribution < 1.29 is 29.3 Å². The first-order valence-electron chi connectivity index (χ1n) is 8.21. The van der Waals surface area contributed by atoms with Gasteiger partial charge >= 0.3 is 11.9 Å². The van der Waals surface area contributed by atoms with Crippen molar-refractivity contribution >= 4 is 11.9 Å². The Bertz CT molecular complexity index is 778. The first-order valence-corrected chi connectivity index (χ1v) is 8.21. The fraction of sp³-hybridized carbons (Fsp3) is 0.200. The molecule has 27 heavy (non-hydrogen) atoms. The SMILES string of the molecule is NC1C=CC(OC(=O)c2ccccc2)C(COC(=O)c2ccccc2)O1.O. The number of esters is 2. The van der Waals surface area contributed by atoms with E-state index in [-0.39, 0.29) is 12.1 Å². The molecule has 0 amide bonds. The van der Waals surface area contributed by atoms with Crippen LogP contribution in [0.5, 0.6) is 0 Å². The molecular weight excluding hydrogens is 350 g/mol. The van der Waals surface area contributed by atoms with Gasteiger partial charge in [0.05, 0.1) is 11.1 Å². The van der Waals surface area contributed by atoms with Gasteiger partial charge in [-0.25, -0.2) is 9.59 Å². The van der Waals surface area contributed by atoms with Gasteiger partial charge in [-0.2, -0.15) is 0 Å². The molecule has 4 N–H and O–H groups in total. The Morgan fingerprint density at radius 2 is 1.44 bits per heavy atom. The van der Waals surface area contributed by atoms with E-state index in [1.165, 1.54) is 0 Å². The Hall–Kier alpha value is -3.00. The average molecular weight is 371 g/mol. The van der Waals surface area contributed by atoms with Crippen LogP contribution in [0.1, 0.15) is 20.7 Å². The third-order valence-electron chi connectivity index (χ3n) is 3.83. The molecule has 0 aliphatic carbocycles. The highest BCUT2D eigenvalue weighted by molar-refractivity contribution is 5.90. The molecule has 0 radical (unpaired) electrons. The summed E-state index contributed by atoms with van der Waals surface area (Å²) < 4.78 is 16.3. The van der Waals surface area contributed by atoms with Gasteiger partial charge in [0.2, 0.25) is 0 Å². The van der Waals surface area contributed by atoms with Gasteiger partial charge in [0, 0.05) is 0 Å². The van der Waals surface area contributed by atoms with E-state index < -0.39 is 30.4 Å². The lowest BCUT2D eigenvalue weighted by Crippen LogP contribution is -2.44. The molecule has 2 aromatic carbocycles. The van der Waals surface area contributed by atoms with E-state index in [1.807, 2.05) is 12.1 Å². The molecule has 7 nitrogen and oxygen atoms in total. The summed E-state index contributed by atoms with van der Waals surface area (Å²) in [7, 11) is 0. The molecule has 3 atom stereocenters. The van der Waals surface area contributed by atoms with Gasteiger partial charge in [0.1, 0.15) is 25.0 Å². The number of carbonyl (C=O) groups is 2. The minimum Gasteiger partial charge on any atom is -0.459 e. The number of benzene rings is 2. The van der Waals surface area contributed by atoms with Crippen LogP contribution in [0.3, 0.4) is 0 Å². The summed E-state index contributed by atoms with van der Waals surface area (Å²) in [6, 6.07) is 17.2. The highest BCUT2D eigenvalue weighted by Gasteiger charge is 2.30. The van der Waals surface area contributed by atoms with Gasteiger partial charge < -0.3 is 25.4 Å². The van der Waals surface area contributed by atoms with Crippen LogP contribution in [0, 0.1) is 0 Å². The van der Waals surface area contributed by atoms with E-state index in [0.717, 1.165) is 0 Å². The maximum atomic E-state index is 12.2. The van der Waals surface area contributed by atoms with E-state index in [1.54, 1.807) is 60.7 Å². The molecule has 1 heterocycles. The Kier molecular flexibility index (Phi) is 7.25. The number of nitrogens with two attached hydrogens (primary N) is 1. The molecule has 2 aromatic rings. The molecule has 7 heteroatoms. The maximum Gasteiger partial charge on any atom is 0.338 e. The van der Waals surface area contributed by atoms with Gasteiger partial charge in [0.15, 0.2) is 0 Å². The smallest absolute Gasteiger partial charge is 0.338 e. The van der Waals surface area contributed by atoms with Gasteiger partial charge in [-0.3, -0.25) is 0 Å². The normalized spacial score (nSPS) is 21.0. The van der Waals surface area contributed by atoms with Gasteiger partial charge in [-0.15, -0.1) is 0 Å². The molecule has 0 saturated heterocycles. The Labute approximate surface area is 156 Å². The molecule has 0 bridgehead atoms. The van der Waals surface area contributed by atoms with Crippen LogP contribution in [0.25, 0.3) is 0 Å². The third kappa shape index (κ3) is 5.49. The van der Waals surface area contributed by atoms with Crippen LogP contribution in [0.2, 0.25) is 0 Å². The molecule has 0 saturated carbocycles. The van der Waals surface area contributed by atoms with Crippen LogP contribution in [-0.4, -0.2) is 42.5 Å². The minimum atomic E-state index is -0.703. The number of ether oxygens (including phenoxy) is 3. The lowest BCUT2D eigenvalue weighted by Gasteiger charge is -2.30. The molecule has 0 fully saturated rings. The van der Waals surface area contributed by atoms with E-state index in [9.17, 15) is 9.59 Å². The van der Waals surface area contributed by atoms with Crippen LogP contribution >= 0.6 is 0 Å². The van der Waals surface area contributed by atoms with Gasteiger partial charge in [0.25, 0.3) is 0 Å². The average Bonchev–Trinajstić information content (AvgIpc) is 2.69. The van der Waals surface area contributed by atoms with Crippen molar-refractivity contribution in [2.45, 2.75) is 18.4 Å². The predicted octanol–water partition coefficient (Wildman–Crippen LogP) is 1.48. The Morgan fingerprint density at radius 1 is 0.889 bits per heavy atom. The molecule has 1 aliphatic rings. The number of carbonyl (C=O) groups excluding carboxylic acids is 2. The van der Waals surface area contributed by atoms with Crippen LogP contribution < -0.4 is 5.73 Å². The zero-order valence-electron chi connectivity index (χ0n) is 14.5. The summed E-state index contributed by atoms with van der Waals surface area (Å²) in [4.78, 5) is 24.3. The molecule has 0 spiro atoms. The number of rotatable bonds is 5. The molecule has 142 valence electrons. The third-order valence-corrected chi connectivity index (χ3v) is 3.83. The standard InChI is InChI=1S/C20H19NO5.H2O/c21-18-12-11-16(26-20(23)15-9-5-2-6-10-15)17(25-18)13-24-19(22)14-7-3-1-4-8-14;/h1-12,16-18H,13,21H2;1H2. The molecule has 3 unspecified atom stereocenters. The quantitative estimate of drug-likeness (QED) is 0.628. The summed E-state index contributed by atoms with van der Waals surface area (Å²) >= 11 is 0. The Morgan fingerprint density at radius 3 is 2.04 bits per heavy atom. The second-order valence-corrected chi connectivity index (χ2v) is 5.72. The van der Waals surface area contributed by atoms with Crippen molar-refractivity contribution in [2.75, 3.05) is 6.61 Å². The largest absolute Gasteiger partial charge is 0.459 e. The predicted molar refractivity (Wildman–Crippen MR) is 98.0 cm³/mol. The second kappa shape index (κ2) is 9.63. The van der Waals surface area contributed by atoms with Crippen LogP contribution in [0.15, 0.2) is 72.8 Å². The highest BCUT2D eigenvalue weighted by atomic mass is 16.6. The monoisotopic (exact) mass is 371 g/mol. The summed E-state index contributed by atoms with van der Waals surface area (Å²) in [5.41, 5.74) is 6.61. The summed E-state index contributed by atoms with van der Waals surface area (Å²) in [5, 5.41) is 0. The highest BCUT2D eigenvalue weighted by Crippen LogP contribution is 2.17. The van der Waals surface area contributed by atoms with E-state index in [2.05, 4.69) is 0 Å². The van der Waals surface area contributed by atoms with Crippen LogP contribution in [0.4, 0.5) is 0 Å². The zero-order chi connectivity index (χ0) is 18.4. The van der Waals surface area contributed by atoms with Crippen LogP contribution in [-0.2, 0) is 14.2 Å². The molecule has 3 rings (SSSR count). The lowest BCUT2D eigenvalue weighted by molar-refractivity contribution is -0.0876. The summed E-state index contributed by atoms with van der Waals surface area (Å²) in [5.74, 6) is -0.968. The number of hydrogen-bond acceptors (Lipinski definition) is 6. The van der Waals surface area contributed by atoms with Crippen molar-refractivity contribution in [3.8, 4) is 0 Å². The summed E-state index contributed by atoms with van der Waals surface area (Å²) in [6.45, 7) is -0.0848. The Balaban J connectivity index is 0.00000261.